The Morgan fingerprint density at radius 1 is 1.07 bits per heavy atom. The number of benzene rings is 2. The second kappa shape index (κ2) is 7.74. The number of hydrogen-bond acceptors (Lipinski definition) is 3. The molecular weight excluding hydrogens is 336 g/mol. The Kier molecular flexibility index (Phi) is 5.01. The van der Waals surface area contributed by atoms with Crippen molar-refractivity contribution >= 4 is 11.6 Å². The van der Waals surface area contributed by atoms with Crippen molar-refractivity contribution in [1.29, 1.82) is 0 Å². The highest BCUT2D eigenvalue weighted by Crippen LogP contribution is 2.25. The van der Waals surface area contributed by atoms with Gasteiger partial charge in [-0.2, -0.15) is 0 Å². The SMILES string of the molecule is Cc1ccccc1CC(=O)Nc1cccc(-c2nnc3n2CCCCC3)c1. The zero-order chi connectivity index (χ0) is 18.6. The maximum Gasteiger partial charge on any atom is 0.228 e. The highest BCUT2D eigenvalue weighted by molar-refractivity contribution is 5.93. The molecule has 0 bridgehead atoms. The number of carbonyl (C=O) groups is 1. The van der Waals surface area contributed by atoms with E-state index in [1.165, 1.54) is 12.8 Å². The summed E-state index contributed by atoms with van der Waals surface area (Å²) in [6.45, 7) is 2.99. The Bertz CT molecular complexity index is 960. The van der Waals surface area contributed by atoms with Gasteiger partial charge in [0.1, 0.15) is 5.82 Å². The van der Waals surface area contributed by atoms with Crippen LogP contribution in [0.4, 0.5) is 5.69 Å². The number of carbonyl (C=O) groups excluding carboxylic acids is 1. The molecule has 4 rings (SSSR count). The second-order valence-corrected chi connectivity index (χ2v) is 7.13. The van der Waals surface area contributed by atoms with E-state index in [0.29, 0.717) is 6.42 Å². The van der Waals surface area contributed by atoms with Gasteiger partial charge in [-0.1, -0.05) is 42.8 Å². The van der Waals surface area contributed by atoms with Crippen LogP contribution in [0.2, 0.25) is 0 Å². The highest BCUT2D eigenvalue weighted by atomic mass is 16.1. The topological polar surface area (TPSA) is 59.8 Å². The predicted molar refractivity (Wildman–Crippen MR) is 107 cm³/mol. The molecule has 1 N–H and O–H groups in total. The van der Waals surface area contributed by atoms with Crippen LogP contribution in [0, 0.1) is 6.92 Å². The fourth-order valence-electron chi connectivity index (χ4n) is 3.62. The first-order valence-corrected chi connectivity index (χ1v) is 9.57. The summed E-state index contributed by atoms with van der Waals surface area (Å²) in [5.41, 5.74) is 3.96. The van der Waals surface area contributed by atoms with Crippen LogP contribution >= 0.6 is 0 Å². The van der Waals surface area contributed by atoms with Gasteiger partial charge in [0.25, 0.3) is 0 Å². The molecule has 0 atom stereocenters. The molecule has 138 valence electrons. The van der Waals surface area contributed by atoms with Crippen molar-refractivity contribution in [2.24, 2.45) is 0 Å². The minimum atomic E-state index is -0.0125. The Balaban J connectivity index is 1.52. The summed E-state index contributed by atoms with van der Waals surface area (Å²) in [6, 6.07) is 15.9. The number of aryl methyl sites for hydroxylation is 2. The van der Waals surface area contributed by atoms with Crippen LogP contribution in [0.5, 0.6) is 0 Å². The quantitative estimate of drug-likeness (QED) is 0.760. The van der Waals surface area contributed by atoms with Crippen LogP contribution < -0.4 is 5.32 Å². The number of fused-ring (bicyclic) bond motifs is 1. The molecule has 3 aromatic rings. The summed E-state index contributed by atoms with van der Waals surface area (Å²) in [7, 11) is 0. The zero-order valence-corrected chi connectivity index (χ0v) is 15.6. The Morgan fingerprint density at radius 3 is 2.85 bits per heavy atom. The lowest BCUT2D eigenvalue weighted by atomic mass is 10.1. The largest absolute Gasteiger partial charge is 0.326 e. The molecule has 2 aromatic carbocycles. The smallest absolute Gasteiger partial charge is 0.228 e. The van der Waals surface area contributed by atoms with Crippen molar-refractivity contribution in [2.45, 2.75) is 45.6 Å². The standard InChI is InChI=1S/C22H24N4O/c1-16-8-4-5-9-17(16)15-21(27)23-19-11-7-10-18(14-19)22-25-24-20-12-3-2-6-13-26(20)22/h4-5,7-11,14H,2-3,6,12-13,15H2,1H3,(H,23,27). The number of rotatable bonds is 4. The van der Waals surface area contributed by atoms with Crippen LogP contribution in [-0.2, 0) is 24.2 Å². The van der Waals surface area contributed by atoms with Gasteiger partial charge in [0, 0.05) is 24.2 Å². The minimum Gasteiger partial charge on any atom is -0.326 e. The van der Waals surface area contributed by atoms with Gasteiger partial charge in [0.15, 0.2) is 5.82 Å². The maximum atomic E-state index is 12.5. The fraction of sp³-hybridized carbons (Fsp3) is 0.318. The van der Waals surface area contributed by atoms with E-state index in [1.807, 2.05) is 55.5 Å². The zero-order valence-electron chi connectivity index (χ0n) is 15.6. The molecule has 1 aromatic heterocycles. The molecule has 0 saturated carbocycles. The predicted octanol–water partition coefficient (Wildman–Crippen LogP) is 4.16. The summed E-state index contributed by atoms with van der Waals surface area (Å²) in [6.07, 6.45) is 4.92. The summed E-state index contributed by atoms with van der Waals surface area (Å²) < 4.78 is 2.22. The van der Waals surface area contributed by atoms with Crippen molar-refractivity contribution in [3.8, 4) is 11.4 Å². The van der Waals surface area contributed by atoms with Crippen LogP contribution in [0.25, 0.3) is 11.4 Å². The molecule has 0 spiro atoms. The molecule has 0 fully saturated rings. The van der Waals surface area contributed by atoms with Gasteiger partial charge in [-0.15, -0.1) is 10.2 Å². The Morgan fingerprint density at radius 2 is 1.96 bits per heavy atom. The molecule has 5 nitrogen and oxygen atoms in total. The van der Waals surface area contributed by atoms with E-state index in [1.54, 1.807) is 0 Å². The lowest BCUT2D eigenvalue weighted by molar-refractivity contribution is -0.115. The number of aromatic nitrogens is 3. The van der Waals surface area contributed by atoms with Gasteiger partial charge in [-0.05, 0) is 43.0 Å². The first kappa shape index (κ1) is 17.5. The van der Waals surface area contributed by atoms with Gasteiger partial charge >= 0.3 is 0 Å². The van der Waals surface area contributed by atoms with Crippen LogP contribution in [-0.4, -0.2) is 20.7 Å². The molecule has 0 unspecified atom stereocenters. The fourth-order valence-corrected chi connectivity index (χ4v) is 3.62. The molecule has 0 saturated heterocycles. The minimum absolute atomic E-state index is 0.0125. The van der Waals surface area contributed by atoms with E-state index in [9.17, 15) is 4.79 Å². The monoisotopic (exact) mass is 360 g/mol. The molecule has 1 amide bonds. The van der Waals surface area contributed by atoms with Gasteiger partial charge in [-0.3, -0.25) is 4.79 Å². The summed E-state index contributed by atoms with van der Waals surface area (Å²) >= 11 is 0. The number of hydrogen-bond donors (Lipinski definition) is 1. The van der Waals surface area contributed by atoms with E-state index in [4.69, 9.17) is 0 Å². The molecule has 0 aliphatic carbocycles. The van der Waals surface area contributed by atoms with Gasteiger partial charge < -0.3 is 9.88 Å². The molecular formula is C22H24N4O. The third kappa shape index (κ3) is 3.92. The van der Waals surface area contributed by atoms with Crippen LogP contribution in [0.3, 0.4) is 0 Å². The average molecular weight is 360 g/mol. The molecule has 0 radical (unpaired) electrons. The first-order chi connectivity index (χ1) is 13.2. The van der Waals surface area contributed by atoms with Crippen molar-refractivity contribution in [1.82, 2.24) is 14.8 Å². The second-order valence-electron chi connectivity index (χ2n) is 7.13. The third-order valence-electron chi connectivity index (χ3n) is 5.13. The van der Waals surface area contributed by atoms with Gasteiger partial charge in [0.2, 0.25) is 5.91 Å². The maximum absolute atomic E-state index is 12.5. The Hall–Kier alpha value is -2.95. The van der Waals surface area contributed by atoms with Gasteiger partial charge in [-0.25, -0.2) is 0 Å². The number of nitrogens with zero attached hydrogens (tertiary/aromatic N) is 3. The molecule has 1 aliphatic heterocycles. The summed E-state index contributed by atoms with van der Waals surface area (Å²) in [5, 5.41) is 11.8. The highest BCUT2D eigenvalue weighted by Gasteiger charge is 2.16. The Labute approximate surface area is 159 Å². The first-order valence-electron chi connectivity index (χ1n) is 9.57. The molecule has 27 heavy (non-hydrogen) atoms. The number of amides is 1. The molecule has 1 aliphatic rings. The van der Waals surface area contributed by atoms with Crippen molar-refractivity contribution < 1.29 is 4.79 Å². The molecule has 2 heterocycles. The van der Waals surface area contributed by atoms with Crippen LogP contribution in [0.1, 0.15) is 36.2 Å². The number of nitrogens with one attached hydrogen (secondary N) is 1. The lowest BCUT2D eigenvalue weighted by Crippen LogP contribution is -2.15. The normalized spacial score (nSPS) is 13.7. The summed E-state index contributed by atoms with van der Waals surface area (Å²) in [5.74, 6) is 1.94. The van der Waals surface area contributed by atoms with E-state index in [2.05, 4.69) is 20.1 Å². The van der Waals surface area contributed by atoms with E-state index >= 15 is 0 Å². The van der Waals surface area contributed by atoms with Crippen LogP contribution in [0.15, 0.2) is 48.5 Å². The lowest BCUT2D eigenvalue weighted by Gasteiger charge is -2.10. The van der Waals surface area contributed by atoms with E-state index in [-0.39, 0.29) is 5.91 Å². The van der Waals surface area contributed by atoms with Gasteiger partial charge in [0.05, 0.1) is 6.42 Å². The summed E-state index contributed by atoms with van der Waals surface area (Å²) in [4.78, 5) is 12.5. The van der Waals surface area contributed by atoms with Crippen molar-refractivity contribution in [3.05, 3.63) is 65.5 Å². The van der Waals surface area contributed by atoms with Crippen molar-refractivity contribution in [2.75, 3.05) is 5.32 Å². The van der Waals surface area contributed by atoms with E-state index < -0.39 is 0 Å². The molecule has 5 heteroatoms. The van der Waals surface area contributed by atoms with E-state index in [0.717, 1.165) is 53.4 Å². The number of anilines is 1. The third-order valence-corrected chi connectivity index (χ3v) is 5.13. The average Bonchev–Trinajstić information content (AvgIpc) is 2.92. The van der Waals surface area contributed by atoms with Crippen molar-refractivity contribution in [3.63, 3.8) is 0 Å².